The van der Waals surface area contributed by atoms with E-state index in [9.17, 15) is 24.3 Å². The molecule has 0 heterocycles. The zero-order valence-corrected chi connectivity index (χ0v) is 14.6. The molecule has 0 radical (unpaired) electrons. The number of aliphatic carboxylic acids is 1. The van der Waals surface area contributed by atoms with Gasteiger partial charge in [-0.05, 0) is 32.0 Å². The maximum atomic E-state index is 12.3. The molecule has 1 aromatic rings. The number of carboxylic acid groups (broad SMARTS) is 1. The van der Waals surface area contributed by atoms with E-state index in [2.05, 4.69) is 0 Å². The standard InChI is InChI=1S/C16H16Cl2O6/c1-3-24-16(23)14(8(2)19)10(15(21)22)7-13(20)9-4-5-11(17)12(18)6-9/h4-6,10,14H,3,7H2,1-2H3,(H,21,22). The topological polar surface area (TPSA) is 97.7 Å². The van der Waals surface area contributed by atoms with Crippen molar-refractivity contribution in [1.29, 1.82) is 0 Å². The molecule has 0 aliphatic rings. The van der Waals surface area contributed by atoms with Crippen LogP contribution < -0.4 is 0 Å². The highest BCUT2D eigenvalue weighted by molar-refractivity contribution is 6.42. The number of carbonyl (C=O) groups is 4. The fourth-order valence-corrected chi connectivity index (χ4v) is 2.48. The van der Waals surface area contributed by atoms with Crippen molar-refractivity contribution in [3.05, 3.63) is 33.8 Å². The molecule has 1 N–H and O–H groups in total. The van der Waals surface area contributed by atoms with E-state index in [1.807, 2.05) is 0 Å². The Balaban J connectivity index is 3.08. The quantitative estimate of drug-likeness (QED) is 0.426. The van der Waals surface area contributed by atoms with Gasteiger partial charge >= 0.3 is 11.9 Å². The van der Waals surface area contributed by atoms with Crippen molar-refractivity contribution in [1.82, 2.24) is 0 Å². The summed E-state index contributed by atoms with van der Waals surface area (Å²) in [6.07, 6.45) is -0.545. The number of esters is 1. The molecule has 2 unspecified atom stereocenters. The molecule has 0 aromatic heterocycles. The maximum Gasteiger partial charge on any atom is 0.317 e. The molecule has 0 saturated carbocycles. The molecule has 0 aliphatic carbocycles. The highest BCUT2D eigenvalue weighted by atomic mass is 35.5. The minimum atomic E-state index is -1.55. The van der Waals surface area contributed by atoms with Gasteiger partial charge in [-0.25, -0.2) is 0 Å². The molecule has 130 valence electrons. The normalized spacial score (nSPS) is 13.0. The van der Waals surface area contributed by atoms with Gasteiger partial charge in [-0.15, -0.1) is 0 Å². The Morgan fingerprint density at radius 2 is 1.79 bits per heavy atom. The summed E-state index contributed by atoms with van der Waals surface area (Å²) in [5.74, 6) is -6.71. The minimum absolute atomic E-state index is 0.00427. The van der Waals surface area contributed by atoms with Gasteiger partial charge < -0.3 is 9.84 Å². The van der Waals surface area contributed by atoms with Crippen molar-refractivity contribution < 1.29 is 29.0 Å². The molecule has 1 rings (SSSR count). The van der Waals surface area contributed by atoms with Crippen molar-refractivity contribution in [3.8, 4) is 0 Å². The van der Waals surface area contributed by atoms with Gasteiger partial charge in [0.25, 0.3) is 0 Å². The van der Waals surface area contributed by atoms with Crippen molar-refractivity contribution in [2.24, 2.45) is 11.8 Å². The summed E-state index contributed by atoms with van der Waals surface area (Å²) < 4.78 is 4.75. The zero-order valence-electron chi connectivity index (χ0n) is 13.0. The zero-order chi connectivity index (χ0) is 18.4. The Hall–Kier alpha value is -1.92. The SMILES string of the molecule is CCOC(=O)C(C(C)=O)C(CC(=O)c1ccc(Cl)c(Cl)c1)C(=O)O. The van der Waals surface area contributed by atoms with Crippen LogP contribution in [0.3, 0.4) is 0 Å². The number of benzene rings is 1. The molecule has 0 spiro atoms. The largest absolute Gasteiger partial charge is 0.481 e. The molecule has 1 aromatic carbocycles. The molecule has 6 nitrogen and oxygen atoms in total. The van der Waals surface area contributed by atoms with Gasteiger partial charge in [0.05, 0.1) is 22.6 Å². The van der Waals surface area contributed by atoms with E-state index >= 15 is 0 Å². The second kappa shape index (κ2) is 8.80. The van der Waals surface area contributed by atoms with E-state index in [-0.39, 0.29) is 22.2 Å². The van der Waals surface area contributed by atoms with E-state index in [1.165, 1.54) is 25.1 Å². The van der Waals surface area contributed by atoms with Crippen LogP contribution in [0.4, 0.5) is 0 Å². The van der Waals surface area contributed by atoms with E-state index in [0.717, 1.165) is 6.92 Å². The third kappa shape index (κ3) is 5.04. The first-order chi connectivity index (χ1) is 11.2. The maximum absolute atomic E-state index is 12.3. The number of carbonyl (C=O) groups excluding carboxylic acids is 3. The first-order valence-electron chi connectivity index (χ1n) is 7.07. The van der Waals surface area contributed by atoms with Gasteiger partial charge in [-0.1, -0.05) is 23.2 Å². The van der Waals surface area contributed by atoms with Crippen molar-refractivity contribution >= 4 is 46.7 Å². The number of ketones is 2. The molecular weight excluding hydrogens is 359 g/mol. The monoisotopic (exact) mass is 374 g/mol. The summed E-state index contributed by atoms with van der Waals surface area (Å²) >= 11 is 11.6. The van der Waals surface area contributed by atoms with Crippen LogP contribution in [0, 0.1) is 11.8 Å². The van der Waals surface area contributed by atoms with Gasteiger partial charge in [-0.2, -0.15) is 0 Å². The summed E-state index contributed by atoms with van der Waals surface area (Å²) in [5, 5.41) is 9.73. The van der Waals surface area contributed by atoms with Gasteiger partial charge in [-0.3, -0.25) is 19.2 Å². The Labute approximate surface area is 148 Å². The highest BCUT2D eigenvalue weighted by Crippen LogP contribution is 2.26. The van der Waals surface area contributed by atoms with Gasteiger partial charge in [0, 0.05) is 12.0 Å². The van der Waals surface area contributed by atoms with Crippen LogP contribution in [0.2, 0.25) is 10.0 Å². The Bertz CT molecular complexity index is 671. The number of ether oxygens (including phenoxy) is 1. The average molecular weight is 375 g/mol. The summed E-state index contributed by atoms with van der Waals surface area (Å²) in [5.41, 5.74) is 0.141. The second-order valence-electron chi connectivity index (χ2n) is 5.04. The molecular formula is C16H16Cl2O6. The predicted molar refractivity (Wildman–Crippen MR) is 87.3 cm³/mol. The molecule has 0 aliphatic heterocycles. The molecule has 0 bridgehead atoms. The van der Waals surface area contributed by atoms with Crippen LogP contribution in [0.15, 0.2) is 18.2 Å². The average Bonchev–Trinajstić information content (AvgIpc) is 2.48. The number of hydrogen-bond donors (Lipinski definition) is 1. The molecule has 0 amide bonds. The molecule has 0 fully saturated rings. The summed E-state index contributed by atoms with van der Waals surface area (Å²) in [7, 11) is 0. The second-order valence-corrected chi connectivity index (χ2v) is 5.86. The lowest BCUT2D eigenvalue weighted by Gasteiger charge is -2.19. The van der Waals surface area contributed by atoms with Gasteiger partial charge in [0.1, 0.15) is 11.7 Å². The van der Waals surface area contributed by atoms with E-state index < -0.39 is 41.8 Å². The molecule has 8 heteroatoms. The summed E-state index contributed by atoms with van der Waals surface area (Å²) in [6.45, 7) is 2.61. The third-order valence-electron chi connectivity index (χ3n) is 3.34. The minimum Gasteiger partial charge on any atom is -0.481 e. The first kappa shape index (κ1) is 20.1. The smallest absolute Gasteiger partial charge is 0.317 e. The van der Waals surface area contributed by atoms with E-state index in [0.29, 0.717) is 0 Å². The molecule has 2 atom stereocenters. The number of Topliss-reactive ketones (excluding diaryl/α,β-unsaturated/α-hetero) is 2. The van der Waals surface area contributed by atoms with Gasteiger partial charge in [0.15, 0.2) is 5.78 Å². The Morgan fingerprint density at radius 1 is 1.17 bits per heavy atom. The third-order valence-corrected chi connectivity index (χ3v) is 4.08. The lowest BCUT2D eigenvalue weighted by atomic mass is 9.84. The van der Waals surface area contributed by atoms with Gasteiger partial charge in [0.2, 0.25) is 0 Å². The van der Waals surface area contributed by atoms with Crippen LogP contribution in [0.25, 0.3) is 0 Å². The number of halogens is 2. The number of rotatable bonds is 8. The van der Waals surface area contributed by atoms with Crippen LogP contribution in [-0.4, -0.2) is 35.2 Å². The van der Waals surface area contributed by atoms with Crippen LogP contribution in [0.1, 0.15) is 30.6 Å². The molecule has 0 saturated heterocycles. The van der Waals surface area contributed by atoms with Crippen molar-refractivity contribution in [2.75, 3.05) is 6.61 Å². The number of carboxylic acids is 1. The predicted octanol–water partition coefficient (Wildman–Crippen LogP) is 3.04. The molecule has 24 heavy (non-hydrogen) atoms. The van der Waals surface area contributed by atoms with Crippen LogP contribution >= 0.6 is 23.2 Å². The number of hydrogen-bond acceptors (Lipinski definition) is 5. The van der Waals surface area contributed by atoms with E-state index in [4.69, 9.17) is 27.9 Å². The van der Waals surface area contributed by atoms with Crippen molar-refractivity contribution in [2.45, 2.75) is 20.3 Å². The summed E-state index contributed by atoms with van der Waals surface area (Å²) in [4.78, 5) is 47.4. The first-order valence-corrected chi connectivity index (χ1v) is 7.82. The van der Waals surface area contributed by atoms with Crippen molar-refractivity contribution in [3.63, 3.8) is 0 Å². The van der Waals surface area contributed by atoms with E-state index in [1.54, 1.807) is 0 Å². The highest BCUT2D eigenvalue weighted by Gasteiger charge is 2.39. The lowest BCUT2D eigenvalue weighted by molar-refractivity contribution is -0.160. The fourth-order valence-electron chi connectivity index (χ4n) is 2.18. The van der Waals surface area contributed by atoms with Crippen LogP contribution in [0.5, 0.6) is 0 Å². The van der Waals surface area contributed by atoms with Crippen LogP contribution in [-0.2, 0) is 19.1 Å². The Morgan fingerprint density at radius 3 is 2.25 bits per heavy atom. The fraction of sp³-hybridized carbons (Fsp3) is 0.375. The lowest BCUT2D eigenvalue weighted by Crippen LogP contribution is -2.37. The Kier molecular flexibility index (Phi) is 7.38. The summed E-state index contributed by atoms with van der Waals surface area (Å²) in [6, 6.07) is 4.10.